The number of carbonyl (C=O) groups is 3. The Morgan fingerprint density at radius 3 is 2.05 bits per heavy atom. The van der Waals surface area contributed by atoms with Crippen LogP contribution < -0.4 is 10.4 Å². The number of benzene rings is 2. The molecule has 0 radical (unpaired) electrons. The van der Waals surface area contributed by atoms with Crippen LogP contribution in [0.1, 0.15) is 172 Å². The third-order valence-corrected chi connectivity index (χ3v) is 27.1. The molecule has 2 aromatic rings. The van der Waals surface area contributed by atoms with Crippen LogP contribution >= 0.6 is 0 Å². The van der Waals surface area contributed by atoms with Crippen molar-refractivity contribution in [3.8, 4) is 0 Å². The highest BCUT2D eigenvalue weighted by molar-refractivity contribution is 6.99. The molecule has 0 aliphatic carbocycles. The average Bonchev–Trinajstić information content (AvgIpc) is 3.39. The third-order valence-electron chi connectivity index (χ3n) is 17.5. The monoisotopic (exact) mass is 1110 g/mol. The minimum Gasteiger partial charge on any atom is -0.466 e. The van der Waals surface area contributed by atoms with Gasteiger partial charge >= 0.3 is 17.9 Å². The predicted molar refractivity (Wildman–Crippen MR) is 313 cm³/mol. The van der Waals surface area contributed by atoms with Crippen LogP contribution in [0.15, 0.2) is 96.6 Å². The van der Waals surface area contributed by atoms with Crippen molar-refractivity contribution < 1.29 is 56.8 Å². The number of unbranched alkanes of at least 4 members (excludes halogenated alkanes) is 4. The van der Waals surface area contributed by atoms with Gasteiger partial charge in [0.25, 0.3) is 8.32 Å². The van der Waals surface area contributed by atoms with Gasteiger partial charge in [0.2, 0.25) is 5.79 Å². The van der Waals surface area contributed by atoms with Gasteiger partial charge in [-0.25, -0.2) is 4.79 Å². The Labute approximate surface area is 471 Å². The number of cyclic esters (lactones) is 1. The molecule has 9 atom stereocenters. The summed E-state index contributed by atoms with van der Waals surface area (Å²) in [5.41, 5.74) is -0.0730. The molecule has 6 rings (SSSR count). The van der Waals surface area contributed by atoms with E-state index in [2.05, 4.69) is 131 Å². The average molecular weight is 1120 g/mol. The fourth-order valence-electron chi connectivity index (χ4n) is 11.7. The van der Waals surface area contributed by atoms with Gasteiger partial charge in [-0.3, -0.25) is 9.59 Å². The molecule has 1 N–H and O–H groups in total. The van der Waals surface area contributed by atoms with E-state index in [0.717, 1.165) is 54.5 Å². The van der Waals surface area contributed by atoms with Gasteiger partial charge in [-0.1, -0.05) is 187 Å². The lowest BCUT2D eigenvalue weighted by atomic mass is 9.74. The van der Waals surface area contributed by atoms with E-state index in [-0.39, 0.29) is 72.2 Å². The first kappa shape index (κ1) is 63.4. The lowest BCUT2D eigenvalue weighted by molar-refractivity contribution is -0.327. The molecule has 3 fully saturated rings. The zero-order valence-electron chi connectivity index (χ0n) is 50.1. The Morgan fingerprint density at radius 1 is 0.808 bits per heavy atom. The van der Waals surface area contributed by atoms with Crippen molar-refractivity contribution in [2.75, 3.05) is 13.7 Å². The van der Waals surface area contributed by atoms with Crippen LogP contribution in [0, 0.1) is 10.8 Å². The van der Waals surface area contributed by atoms with Crippen LogP contribution in [0.25, 0.3) is 0 Å². The van der Waals surface area contributed by atoms with Gasteiger partial charge in [-0.2, -0.15) is 0 Å². The molecule has 2 aromatic carbocycles. The summed E-state index contributed by atoms with van der Waals surface area (Å²) in [6, 6.07) is 20.9. The summed E-state index contributed by atoms with van der Waals surface area (Å²) < 4.78 is 54.1. The van der Waals surface area contributed by atoms with Crippen LogP contribution in [-0.4, -0.2) is 108 Å². The Hall–Kier alpha value is -3.74. The van der Waals surface area contributed by atoms with E-state index in [1.807, 2.05) is 38.1 Å². The zero-order chi connectivity index (χ0) is 57.3. The van der Waals surface area contributed by atoms with E-state index in [9.17, 15) is 14.7 Å². The van der Waals surface area contributed by atoms with Crippen LogP contribution in [0.2, 0.25) is 23.2 Å². The van der Waals surface area contributed by atoms with Crippen LogP contribution in [0.3, 0.4) is 0 Å². The maximum Gasteiger partial charge on any atom is 0.330 e. The topological polar surface area (TPSA) is 145 Å². The van der Waals surface area contributed by atoms with E-state index in [1.54, 1.807) is 0 Å². The number of carbonyl (C=O) groups excluding carboxylic acids is 3. The number of ether oxygens (including phenoxy) is 6. The summed E-state index contributed by atoms with van der Waals surface area (Å²) in [6.07, 6.45) is 9.23. The van der Waals surface area contributed by atoms with Crippen molar-refractivity contribution in [2.45, 2.75) is 250 Å². The molecular formula is C64H98O12Si2. The van der Waals surface area contributed by atoms with Crippen molar-refractivity contribution in [1.29, 1.82) is 0 Å². The quantitative estimate of drug-likeness (QED) is 0.0452. The van der Waals surface area contributed by atoms with E-state index in [4.69, 9.17) is 37.3 Å². The molecule has 4 heterocycles. The minimum atomic E-state index is -3.23. The van der Waals surface area contributed by atoms with Gasteiger partial charge in [-0.05, 0) is 89.5 Å². The minimum absolute atomic E-state index is 0.0586. The Morgan fingerprint density at radius 2 is 1.45 bits per heavy atom. The molecule has 0 saturated carbocycles. The molecule has 3 saturated heterocycles. The Bertz CT molecular complexity index is 2330. The number of methoxy groups -OCH3 is 1. The molecular weight excluding hydrogens is 1020 g/mol. The Kier molecular flexibility index (Phi) is 21.5. The summed E-state index contributed by atoms with van der Waals surface area (Å²) >= 11 is 0. The highest BCUT2D eigenvalue weighted by Gasteiger charge is 2.58. The predicted octanol–water partition coefficient (Wildman–Crippen LogP) is 12.5. The molecule has 6 bridgehead atoms. The van der Waals surface area contributed by atoms with Gasteiger partial charge in [0, 0.05) is 30.8 Å². The third kappa shape index (κ3) is 15.8. The summed E-state index contributed by atoms with van der Waals surface area (Å²) in [5, 5.41) is 15.1. The van der Waals surface area contributed by atoms with Gasteiger partial charge < -0.3 is 42.4 Å². The van der Waals surface area contributed by atoms with E-state index < -0.39 is 70.2 Å². The summed E-state index contributed by atoms with van der Waals surface area (Å²) in [7, 11) is -4.38. The van der Waals surface area contributed by atoms with Gasteiger partial charge in [0.15, 0.2) is 14.4 Å². The first-order valence-electron chi connectivity index (χ1n) is 29.2. The van der Waals surface area contributed by atoms with Crippen molar-refractivity contribution in [2.24, 2.45) is 10.8 Å². The molecule has 4 aliphatic heterocycles. The first-order chi connectivity index (χ1) is 36.5. The molecule has 0 amide bonds. The number of fused-ring (bicyclic) bond motifs is 6. The van der Waals surface area contributed by atoms with Crippen molar-refractivity contribution in [1.82, 2.24) is 0 Å². The van der Waals surface area contributed by atoms with Gasteiger partial charge in [0.1, 0.15) is 6.10 Å². The molecule has 78 heavy (non-hydrogen) atoms. The van der Waals surface area contributed by atoms with Crippen LogP contribution in [-0.2, 0) is 51.7 Å². The standard InChI is InChI=1S/C64H98O12Si2/c1-16-17-18-19-26-31-56(65)74-59-46(39-57(66)69-13)38-50-41-52(44-70-77(14,15)60(3,4)5)73-58(67)43-51(76-78(61(6,7)8,53-27-22-20-23-28-53)54-29-24-21-25-30-54)40-48-32-34-62(9,10)55(72-48)42-49-37-45(2)36-47(71-49)33-35-63(11,12)64(59,68)75-50/h20-25,27-30,33,35,39,47-52,55,59,68H,2,16-19,26,31-32,34,36-38,40-44H2,1,3-15H3/b35-33+,46-39+/t47-,48-,49-,50-,51+,52+,55-,59-,64+/m0/s1. The van der Waals surface area contributed by atoms with Gasteiger partial charge in [-0.15, -0.1) is 0 Å². The fraction of sp³-hybridized carbons (Fsp3) is 0.672. The largest absolute Gasteiger partial charge is 0.466 e. The number of hydrogen-bond donors (Lipinski definition) is 1. The van der Waals surface area contributed by atoms with Crippen LogP contribution in [0.5, 0.6) is 0 Å². The highest BCUT2D eigenvalue weighted by atomic mass is 28.4. The smallest absolute Gasteiger partial charge is 0.330 e. The number of rotatable bonds is 15. The van der Waals surface area contributed by atoms with E-state index >= 15 is 4.79 Å². The second kappa shape index (κ2) is 26.5. The zero-order valence-corrected chi connectivity index (χ0v) is 52.1. The maximum absolute atomic E-state index is 15.2. The molecule has 12 nitrogen and oxygen atoms in total. The lowest BCUT2D eigenvalue weighted by Crippen LogP contribution is -2.68. The van der Waals surface area contributed by atoms with Crippen molar-refractivity contribution in [3.63, 3.8) is 0 Å². The molecule has 0 unspecified atom stereocenters. The number of hydrogen-bond acceptors (Lipinski definition) is 12. The number of esters is 3. The molecule has 14 heteroatoms. The van der Waals surface area contributed by atoms with Crippen LogP contribution in [0.4, 0.5) is 0 Å². The number of aliphatic hydroxyl groups is 1. The molecule has 4 aliphatic rings. The lowest BCUT2D eigenvalue weighted by Gasteiger charge is -2.51. The van der Waals surface area contributed by atoms with Gasteiger partial charge in [0.05, 0.1) is 56.8 Å². The van der Waals surface area contributed by atoms with E-state index in [1.165, 1.54) is 13.2 Å². The second-order valence-electron chi connectivity index (χ2n) is 26.7. The van der Waals surface area contributed by atoms with Crippen molar-refractivity contribution >= 4 is 44.9 Å². The summed E-state index contributed by atoms with van der Waals surface area (Å²) in [5.74, 6) is -3.89. The SMILES string of the molecule is C=C1C[C@H]2C[C@@H]3O[C@@H](CCC3(C)C)C[C@@H](O[Si](c3ccccc3)(c3ccccc3)C(C)(C)C)CC(=O)O[C@@H](CO[Si](C)(C)C(C)(C)C)C[C@@H]3C/C(=C\C(=O)OC)[C@H](OC(=O)CCCCCCC)[C@@](O)(O3)C(C)(C)/C=C/[C@@H](C1)O2. The highest BCUT2D eigenvalue weighted by Crippen LogP contribution is 2.48. The normalized spacial score (nSPS) is 29.4. The molecule has 0 aromatic heterocycles. The van der Waals surface area contributed by atoms with Crippen molar-refractivity contribution in [3.05, 3.63) is 96.6 Å². The summed E-state index contributed by atoms with van der Waals surface area (Å²) in [6.45, 7) is 32.4. The van der Waals surface area contributed by atoms with E-state index in [0.29, 0.717) is 37.7 Å². The molecule has 0 spiro atoms. The first-order valence-corrected chi connectivity index (χ1v) is 34.0. The maximum atomic E-state index is 15.2. The molecule has 434 valence electrons. The second-order valence-corrected chi connectivity index (χ2v) is 35.8. The Balaban J connectivity index is 1.49. The summed E-state index contributed by atoms with van der Waals surface area (Å²) in [4.78, 5) is 42.5. The fourth-order valence-corrected chi connectivity index (χ4v) is 17.4.